The van der Waals surface area contributed by atoms with Gasteiger partial charge in [-0.05, 0) is 18.2 Å². The van der Waals surface area contributed by atoms with Crippen molar-refractivity contribution in [3.63, 3.8) is 0 Å². The average molecular weight is 323 g/mol. The molecule has 1 heterocycles. The Kier molecular flexibility index (Phi) is 3.94. The lowest BCUT2D eigenvalue weighted by Crippen LogP contribution is -2.13. The van der Waals surface area contributed by atoms with Crippen molar-refractivity contribution in [3.05, 3.63) is 70.4 Å². The molecule has 0 saturated heterocycles. The van der Waals surface area contributed by atoms with Crippen LogP contribution < -0.4 is 11.1 Å². The van der Waals surface area contributed by atoms with Gasteiger partial charge in [-0.15, -0.1) is 0 Å². The normalized spacial score (nSPS) is 10.3. The number of H-pyrrole nitrogens is 1. The number of nitrogens with one attached hydrogen (secondary N) is 2. The van der Waals surface area contributed by atoms with Gasteiger partial charge in [0.1, 0.15) is 5.56 Å². The predicted octanol–water partition coefficient (Wildman–Crippen LogP) is 2.82. The van der Waals surface area contributed by atoms with Crippen LogP contribution in [0.1, 0.15) is 10.4 Å². The zero-order valence-electron chi connectivity index (χ0n) is 12.4. The number of hydrogen-bond acceptors (Lipinski definition) is 5. The van der Waals surface area contributed by atoms with Crippen molar-refractivity contribution >= 4 is 23.2 Å². The van der Waals surface area contributed by atoms with Gasteiger partial charge in [0.2, 0.25) is 0 Å². The van der Waals surface area contributed by atoms with E-state index in [1.807, 2.05) is 6.07 Å². The minimum Gasteiger partial charge on any atom is -0.369 e. The van der Waals surface area contributed by atoms with Gasteiger partial charge in [0.05, 0.1) is 16.8 Å². The first-order valence-electron chi connectivity index (χ1n) is 7.00. The summed E-state index contributed by atoms with van der Waals surface area (Å²) in [5, 5.41) is 13.7. The smallest absolute Gasteiger partial charge is 0.282 e. The Bertz CT molecular complexity index is 919. The molecule has 24 heavy (non-hydrogen) atoms. The maximum atomic E-state index is 12.3. The number of carbonyl (C=O) groups excluding carboxylic acids is 1. The van der Waals surface area contributed by atoms with Crippen LogP contribution in [-0.4, -0.2) is 20.8 Å². The summed E-state index contributed by atoms with van der Waals surface area (Å²) < 4.78 is 0. The van der Waals surface area contributed by atoms with E-state index < -0.39 is 10.8 Å². The van der Waals surface area contributed by atoms with E-state index in [4.69, 9.17) is 5.73 Å². The van der Waals surface area contributed by atoms with Crippen LogP contribution in [0.15, 0.2) is 54.7 Å². The first-order chi connectivity index (χ1) is 11.5. The number of imidazole rings is 1. The minimum absolute atomic E-state index is 0.00122. The lowest BCUT2D eigenvalue weighted by molar-refractivity contribution is -0.385. The molecule has 4 N–H and O–H groups in total. The minimum atomic E-state index is -0.585. The third-order valence-corrected chi connectivity index (χ3v) is 3.37. The molecule has 8 heteroatoms. The molecule has 0 fully saturated rings. The first-order valence-corrected chi connectivity index (χ1v) is 7.00. The van der Waals surface area contributed by atoms with E-state index in [2.05, 4.69) is 15.3 Å². The van der Waals surface area contributed by atoms with Crippen LogP contribution >= 0.6 is 0 Å². The summed E-state index contributed by atoms with van der Waals surface area (Å²) in [5.41, 5.74) is 7.30. The van der Waals surface area contributed by atoms with Crippen LogP contribution in [0.2, 0.25) is 0 Å². The summed E-state index contributed by atoms with van der Waals surface area (Å²) >= 11 is 0. The molecule has 2 aromatic carbocycles. The van der Waals surface area contributed by atoms with Crippen LogP contribution in [0.5, 0.6) is 0 Å². The molecular formula is C16H13N5O3. The molecule has 0 bridgehead atoms. The molecule has 0 aliphatic rings. The highest BCUT2D eigenvalue weighted by Gasteiger charge is 2.19. The summed E-state index contributed by atoms with van der Waals surface area (Å²) in [6.07, 6.45) is 1.58. The van der Waals surface area contributed by atoms with E-state index in [0.29, 0.717) is 17.3 Å². The number of nitro benzene ring substituents is 1. The Labute approximate surface area is 136 Å². The fourth-order valence-electron chi connectivity index (χ4n) is 2.27. The van der Waals surface area contributed by atoms with E-state index in [1.165, 1.54) is 18.2 Å². The topological polar surface area (TPSA) is 127 Å². The van der Waals surface area contributed by atoms with Gasteiger partial charge >= 0.3 is 0 Å². The van der Waals surface area contributed by atoms with Crippen molar-refractivity contribution in [1.29, 1.82) is 0 Å². The molecule has 0 aliphatic heterocycles. The Morgan fingerprint density at radius 1 is 1.21 bits per heavy atom. The van der Waals surface area contributed by atoms with Gasteiger partial charge in [0.15, 0.2) is 5.95 Å². The standard InChI is InChI=1S/C16H13N5O3/c17-16-18-9-13(20-16)10-4-3-5-11(8-10)19-15(22)12-6-1-2-7-14(12)21(23)24/h1-9H,(H,19,22)(H3,17,18,20). The van der Waals surface area contributed by atoms with Crippen molar-refractivity contribution in [3.8, 4) is 11.3 Å². The highest BCUT2D eigenvalue weighted by molar-refractivity contribution is 6.07. The maximum Gasteiger partial charge on any atom is 0.282 e. The molecule has 1 amide bonds. The Morgan fingerprint density at radius 3 is 2.71 bits per heavy atom. The summed E-state index contributed by atoms with van der Waals surface area (Å²) in [4.78, 5) is 29.6. The van der Waals surface area contributed by atoms with Crippen LogP contribution in [0.25, 0.3) is 11.3 Å². The highest BCUT2D eigenvalue weighted by atomic mass is 16.6. The lowest BCUT2D eigenvalue weighted by Gasteiger charge is -2.07. The summed E-state index contributed by atoms with van der Waals surface area (Å²) in [5.74, 6) is -0.261. The maximum absolute atomic E-state index is 12.3. The van der Waals surface area contributed by atoms with Crippen LogP contribution in [-0.2, 0) is 0 Å². The second-order valence-corrected chi connectivity index (χ2v) is 4.99. The van der Waals surface area contributed by atoms with Crippen LogP contribution in [0.4, 0.5) is 17.3 Å². The quantitative estimate of drug-likeness (QED) is 0.502. The predicted molar refractivity (Wildman–Crippen MR) is 89.5 cm³/mol. The fraction of sp³-hybridized carbons (Fsp3) is 0. The number of carbonyl (C=O) groups is 1. The van der Waals surface area contributed by atoms with Gasteiger partial charge in [0, 0.05) is 17.3 Å². The third kappa shape index (κ3) is 3.07. The Balaban J connectivity index is 1.87. The molecule has 8 nitrogen and oxygen atoms in total. The Hall–Kier alpha value is -3.68. The number of anilines is 2. The molecular weight excluding hydrogens is 310 g/mol. The van der Waals surface area contributed by atoms with E-state index in [9.17, 15) is 14.9 Å². The summed E-state index contributed by atoms with van der Waals surface area (Å²) in [7, 11) is 0. The number of nitrogen functional groups attached to an aromatic ring is 1. The van der Waals surface area contributed by atoms with Crippen molar-refractivity contribution < 1.29 is 9.72 Å². The van der Waals surface area contributed by atoms with Crippen molar-refractivity contribution in [1.82, 2.24) is 9.97 Å². The largest absolute Gasteiger partial charge is 0.369 e. The van der Waals surface area contributed by atoms with Gasteiger partial charge in [-0.25, -0.2) is 4.98 Å². The number of benzene rings is 2. The molecule has 0 radical (unpaired) electrons. The van der Waals surface area contributed by atoms with Gasteiger partial charge < -0.3 is 16.0 Å². The fourth-order valence-corrected chi connectivity index (χ4v) is 2.27. The Morgan fingerprint density at radius 2 is 2.00 bits per heavy atom. The highest BCUT2D eigenvalue weighted by Crippen LogP contribution is 2.23. The van der Waals surface area contributed by atoms with Gasteiger partial charge in [-0.3, -0.25) is 14.9 Å². The van der Waals surface area contributed by atoms with Crippen LogP contribution in [0, 0.1) is 10.1 Å². The zero-order valence-corrected chi connectivity index (χ0v) is 12.4. The monoisotopic (exact) mass is 323 g/mol. The van der Waals surface area contributed by atoms with Crippen molar-refractivity contribution in [2.75, 3.05) is 11.1 Å². The van der Waals surface area contributed by atoms with Gasteiger partial charge in [0.25, 0.3) is 11.6 Å². The zero-order chi connectivity index (χ0) is 17.1. The van der Waals surface area contributed by atoms with Crippen molar-refractivity contribution in [2.45, 2.75) is 0 Å². The number of rotatable bonds is 4. The summed E-state index contributed by atoms with van der Waals surface area (Å²) in [6.45, 7) is 0. The van der Waals surface area contributed by atoms with E-state index in [0.717, 1.165) is 5.56 Å². The molecule has 0 unspecified atom stereocenters. The molecule has 1 aromatic heterocycles. The lowest BCUT2D eigenvalue weighted by atomic mass is 10.1. The van der Waals surface area contributed by atoms with E-state index in [-0.39, 0.29) is 11.3 Å². The molecule has 0 spiro atoms. The number of amides is 1. The number of aromatic amines is 1. The van der Waals surface area contributed by atoms with E-state index in [1.54, 1.807) is 30.5 Å². The number of para-hydroxylation sites is 1. The number of aromatic nitrogens is 2. The van der Waals surface area contributed by atoms with Gasteiger partial charge in [-0.1, -0.05) is 24.3 Å². The molecule has 0 saturated carbocycles. The van der Waals surface area contributed by atoms with Gasteiger partial charge in [-0.2, -0.15) is 0 Å². The second-order valence-electron chi connectivity index (χ2n) is 4.99. The van der Waals surface area contributed by atoms with Crippen LogP contribution in [0.3, 0.4) is 0 Å². The SMILES string of the molecule is Nc1ncc(-c2cccc(NC(=O)c3ccccc3[N+](=O)[O-])c2)[nH]1. The first kappa shape index (κ1) is 15.2. The number of hydrogen-bond donors (Lipinski definition) is 3. The van der Waals surface area contributed by atoms with E-state index >= 15 is 0 Å². The molecule has 3 rings (SSSR count). The summed E-state index contributed by atoms with van der Waals surface area (Å²) in [6, 6.07) is 12.8. The average Bonchev–Trinajstić information content (AvgIpc) is 3.01. The molecule has 3 aromatic rings. The number of nitrogens with zero attached hydrogens (tertiary/aromatic N) is 2. The number of nitro groups is 1. The molecule has 120 valence electrons. The molecule has 0 atom stereocenters. The third-order valence-electron chi connectivity index (χ3n) is 3.37. The van der Waals surface area contributed by atoms with Crippen molar-refractivity contribution in [2.24, 2.45) is 0 Å². The molecule has 0 aliphatic carbocycles. The number of nitrogens with two attached hydrogens (primary N) is 1. The second kappa shape index (κ2) is 6.21.